The van der Waals surface area contributed by atoms with Crippen molar-refractivity contribution >= 4 is 11.8 Å². The summed E-state index contributed by atoms with van der Waals surface area (Å²) in [5, 5.41) is 11.7. The summed E-state index contributed by atoms with van der Waals surface area (Å²) in [6.07, 6.45) is 0. The number of phenolic OH excluding ortho intramolecular Hbond substituents is 1. The summed E-state index contributed by atoms with van der Waals surface area (Å²) in [5.41, 5.74) is 3.54. The maximum Gasteiger partial charge on any atom is 0.255 e. The highest BCUT2D eigenvalue weighted by Crippen LogP contribution is 2.18. The SMILES string of the molecule is CC(C)(NC(=O)c1cc(F)ccc1O)C(N)=O. The average Bonchev–Trinajstić information content (AvgIpc) is 2.20. The van der Waals surface area contributed by atoms with E-state index < -0.39 is 23.2 Å². The van der Waals surface area contributed by atoms with Gasteiger partial charge in [-0.3, -0.25) is 9.59 Å². The molecule has 0 aliphatic rings. The minimum absolute atomic E-state index is 0.251. The Morgan fingerprint density at radius 2 is 2.00 bits per heavy atom. The van der Waals surface area contributed by atoms with Crippen LogP contribution in [0.15, 0.2) is 18.2 Å². The van der Waals surface area contributed by atoms with Crippen molar-refractivity contribution in [3.63, 3.8) is 0 Å². The first-order valence-corrected chi connectivity index (χ1v) is 4.85. The number of aromatic hydroxyl groups is 1. The molecule has 0 heterocycles. The largest absolute Gasteiger partial charge is 0.507 e. The summed E-state index contributed by atoms with van der Waals surface area (Å²) in [4.78, 5) is 22.7. The lowest BCUT2D eigenvalue weighted by atomic mass is 10.0. The highest BCUT2D eigenvalue weighted by atomic mass is 19.1. The number of hydrogen-bond donors (Lipinski definition) is 3. The third-order valence-corrected chi connectivity index (χ3v) is 2.25. The fourth-order valence-electron chi connectivity index (χ4n) is 1.10. The lowest BCUT2D eigenvalue weighted by molar-refractivity contribution is -0.122. The number of carbonyl (C=O) groups is 2. The number of benzene rings is 1. The average molecular weight is 240 g/mol. The van der Waals surface area contributed by atoms with E-state index in [0.717, 1.165) is 18.2 Å². The molecule has 0 aliphatic heterocycles. The van der Waals surface area contributed by atoms with E-state index in [-0.39, 0.29) is 11.3 Å². The number of phenols is 1. The highest BCUT2D eigenvalue weighted by Gasteiger charge is 2.28. The molecule has 0 saturated heterocycles. The highest BCUT2D eigenvalue weighted by molar-refractivity contribution is 6.00. The van der Waals surface area contributed by atoms with Gasteiger partial charge in [-0.05, 0) is 32.0 Å². The van der Waals surface area contributed by atoms with Crippen LogP contribution in [0, 0.1) is 5.82 Å². The molecule has 1 rings (SSSR count). The molecule has 0 atom stereocenters. The number of rotatable bonds is 3. The molecule has 0 bridgehead atoms. The van der Waals surface area contributed by atoms with Crippen molar-refractivity contribution in [3.05, 3.63) is 29.6 Å². The van der Waals surface area contributed by atoms with Crippen LogP contribution in [-0.2, 0) is 4.79 Å². The molecule has 0 unspecified atom stereocenters. The Labute approximate surface area is 97.4 Å². The Morgan fingerprint density at radius 1 is 1.41 bits per heavy atom. The van der Waals surface area contributed by atoms with Gasteiger partial charge in [0.25, 0.3) is 5.91 Å². The van der Waals surface area contributed by atoms with Crippen molar-refractivity contribution in [2.75, 3.05) is 0 Å². The van der Waals surface area contributed by atoms with Gasteiger partial charge in [0.05, 0.1) is 5.56 Å². The fraction of sp³-hybridized carbons (Fsp3) is 0.273. The lowest BCUT2D eigenvalue weighted by Gasteiger charge is -2.22. The van der Waals surface area contributed by atoms with E-state index in [0.29, 0.717) is 0 Å². The van der Waals surface area contributed by atoms with Crippen LogP contribution < -0.4 is 11.1 Å². The van der Waals surface area contributed by atoms with Crippen molar-refractivity contribution < 1.29 is 19.1 Å². The third kappa shape index (κ3) is 2.93. The maximum atomic E-state index is 12.9. The number of hydrogen-bond acceptors (Lipinski definition) is 3. The quantitative estimate of drug-likeness (QED) is 0.719. The first kappa shape index (κ1) is 13.0. The van der Waals surface area contributed by atoms with Gasteiger partial charge in [-0.1, -0.05) is 0 Å². The van der Waals surface area contributed by atoms with Crippen LogP contribution in [0.3, 0.4) is 0 Å². The van der Waals surface area contributed by atoms with Crippen molar-refractivity contribution in [2.45, 2.75) is 19.4 Å². The number of nitrogens with two attached hydrogens (primary N) is 1. The van der Waals surface area contributed by atoms with Gasteiger partial charge in [-0.2, -0.15) is 0 Å². The maximum absolute atomic E-state index is 12.9. The standard InChI is InChI=1S/C11H13FN2O3/c1-11(2,10(13)17)14-9(16)7-5-6(12)3-4-8(7)15/h3-5,15H,1-2H3,(H2,13,17)(H,14,16). The van der Waals surface area contributed by atoms with Crippen LogP contribution in [0.25, 0.3) is 0 Å². The van der Waals surface area contributed by atoms with Crippen molar-refractivity contribution in [1.82, 2.24) is 5.32 Å². The summed E-state index contributed by atoms with van der Waals surface area (Å²) in [7, 11) is 0. The minimum atomic E-state index is -1.28. The Balaban J connectivity index is 2.98. The second-order valence-corrected chi connectivity index (χ2v) is 4.10. The normalized spacial score (nSPS) is 11.0. The topological polar surface area (TPSA) is 92.4 Å². The first-order valence-electron chi connectivity index (χ1n) is 4.85. The van der Waals surface area contributed by atoms with Gasteiger partial charge in [-0.15, -0.1) is 0 Å². The zero-order valence-electron chi connectivity index (χ0n) is 9.45. The summed E-state index contributed by atoms with van der Waals surface area (Å²) in [6.45, 7) is 2.81. The monoisotopic (exact) mass is 240 g/mol. The number of primary amides is 1. The van der Waals surface area contributed by atoms with Gasteiger partial charge in [0, 0.05) is 0 Å². The van der Waals surface area contributed by atoms with E-state index in [1.807, 2.05) is 0 Å². The molecule has 2 amide bonds. The van der Waals surface area contributed by atoms with E-state index in [1.54, 1.807) is 0 Å². The molecule has 17 heavy (non-hydrogen) atoms. The zero-order chi connectivity index (χ0) is 13.2. The molecule has 0 fully saturated rings. The van der Waals surface area contributed by atoms with Crippen LogP contribution in [0.4, 0.5) is 4.39 Å². The Morgan fingerprint density at radius 3 is 2.53 bits per heavy atom. The van der Waals surface area contributed by atoms with E-state index in [4.69, 9.17) is 5.73 Å². The molecular weight excluding hydrogens is 227 g/mol. The second-order valence-electron chi connectivity index (χ2n) is 4.10. The van der Waals surface area contributed by atoms with Crippen LogP contribution in [-0.4, -0.2) is 22.5 Å². The van der Waals surface area contributed by atoms with Gasteiger partial charge in [0.2, 0.25) is 5.91 Å². The van der Waals surface area contributed by atoms with Gasteiger partial charge in [0.15, 0.2) is 0 Å². The van der Waals surface area contributed by atoms with Gasteiger partial charge in [-0.25, -0.2) is 4.39 Å². The molecule has 0 spiro atoms. The van der Waals surface area contributed by atoms with Crippen molar-refractivity contribution in [3.8, 4) is 5.75 Å². The van der Waals surface area contributed by atoms with Crippen LogP contribution in [0.5, 0.6) is 5.75 Å². The second kappa shape index (κ2) is 4.40. The summed E-state index contributed by atoms with van der Waals surface area (Å²) >= 11 is 0. The number of amides is 2. The molecule has 1 aromatic carbocycles. The molecule has 0 aliphatic carbocycles. The number of nitrogens with one attached hydrogen (secondary N) is 1. The summed E-state index contributed by atoms with van der Waals surface area (Å²) in [6, 6.07) is 2.95. The Kier molecular flexibility index (Phi) is 3.36. The van der Waals surface area contributed by atoms with Crippen LogP contribution in [0.2, 0.25) is 0 Å². The van der Waals surface area contributed by atoms with E-state index in [9.17, 15) is 19.1 Å². The molecule has 92 valence electrons. The predicted octanol–water partition coefficient (Wildman–Crippen LogP) is 0.525. The fourth-order valence-corrected chi connectivity index (χ4v) is 1.10. The molecule has 1 aromatic rings. The molecule has 4 N–H and O–H groups in total. The predicted molar refractivity (Wildman–Crippen MR) is 58.8 cm³/mol. The van der Waals surface area contributed by atoms with Gasteiger partial charge < -0.3 is 16.2 Å². The van der Waals surface area contributed by atoms with Crippen molar-refractivity contribution in [1.29, 1.82) is 0 Å². The zero-order valence-corrected chi connectivity index (χ0v) is 9.45. The van der Waals surface area contributed by atoms with Gasteiger partial charge in [0.1, 0.15) is 17.1 Å². The Hall–Kier alpha value is -2.11. The smallest absolute Gasteiger partial charge is 0.255 e. The lowest BCUT2D eigenvalue weighted by Crippen LogP contribution is -2.53. The Bertz CT molecular complexity index is 472. The van der Waals surface area contributed by atoms with Gasteiger partial charge >= 0.3 is 0 Å². The molecular formula is C11H13FN2O3. The third-order valence-electron chi connectivity index (χ3n) is 2.25. The number of carbonyl (C=O) groups excluding carboxylic acids is 2. The molecule has 0 aromatic heterocycles. The number of halogens is 1. The molecule has 0 radical (unpaired) electrons. The molecule has 0 saturated carbocycles. The molecule has 5 nitrogen and oxygen atoms in total. The van der Waals surface area contributed by atoms with E-state index in [1.165, 1.54) is 13.8 Å². The van der Waals surface area contributed by atoms with E-state index >= 15 is 0 Å². The minimum Gasteiger partial charge on any atom is -0.507 e. The summed E-state index contributed by atoms with van der Waals surface area (Å²) < 4.78 is 12.9. The van der Waals surface area contributed by atoms with Crippen LogP contribution in [0.1, 0.15) is 24.2 Å². The van der Waals surface area contributed by atoms with Crippen LogP contribution >= 0.6 is 0 Å². The first-order chi connectivity index (χ1) is 7.74. The van der Waals surface area contributed by atoms with Crippen molar-refractivity contribution in [2.24, 2.45) is 5.73 Å². The summed E-state index contributed by atoms with van der Waals surface area (Å²) in [5.74, 6) is -2.54. The molecule has 6 heteroatoms. The van der Waals surface area contributed by atoms with E-state index in [2.05, 4.69) is 5.32 Å².